The van der Waals surface area contributed by atoms with Crippen molar-refractivity contribution in [1.82, 2.24) is 0 Å². The molecular formula is C21H23ClN2O3. The summed E-state index contributed by atoms with van der Waals surface area (Å²) in [4.78, 5) is 25.0. The summed E-state index contributed by atoms with van der Waals surface area (Å²) < 4.78 is 5.25. The topological polar surface area (TPSA) is 67.4 Å². The highest BCUT2D eigenvalue weighted by molar-refractivity contribution is 6.31. The Labute approximate surface area is 164 Å². The monoisotopic (exact) mass is 386 g/mol. The molecule has 0 heterocycles. The first-order valence-electron chi connectivity index (χ1n) is 9.12. The fourth-order valence-electron chi connectivity index (χ4n) is 3.32. The third-order valence-electron chi connectivity index (χ3n) is 4.78. The highest BCUT2D eigenvalue weighted by Gasteiger charge is 2.21. The summed E-state index contributed by atoms with van der Waals surface area (Å²) in [5.74, 6) is 0.314. The molecule has 0 saturated heterocycles. The van der Waals surface area contributed by atoms with E-state index in [0.29, 0.717) is 27.7 Å². The molecule has 1 saturated carbocycles. The zero-order valence-electron chi connectivity index (χ0n) is 15.3. The lowest BCUT2D eigenvalue weighted by atomic mass is 9.88. The number of carbonyl (C=O) groups excluding carboxylic acids is 2. The number of anilines is 2. The van der Waals surface area contributed by atoms with Gasteiger partial charge in [-0.25, -0.2) is 0 Å². The van der Waals surface area contributed by atoms with Crippen LogP contribution in [0.1, 0.15) is 42.5 Å². The third kappa shape index (κ3) is 5.01. The normalized spacial score (nSPS) is 14.4. The maximum atomic E-state index is 12.6. The van der Waals surface area contributed by atoms with Gasteiger partial charge in [-0.3, -0.25) is 9.59 Å². The van der Waals surface area contributed by atoms with Crippen molar-refractivity contribution >= 4 is 34.8 Å². The minimum Gasteiger partial charge on any atom is -0.495 e. The third-order valence-corrected chi connectivity index (χ3v) is 5.01. The van der Waals surface area contributed by atoms with Gasteiger partial charge in [0.1, 0.15) is 5.75 Å². The Morgan fingerprint density at radius 2 is 1.81 bits per heavy atom. The van der Waals surface area contributed by atoms with Crippen molar-refractivity contribution in [2.24, 2.45) is 5.92 Å². The molecule has 2 amide bonds. The summed E-state index contributed by atoms with van der Waals surface area (Å²) in [6, 6.07) is 11.9. The Balaban J connectivity index is 1.70. The second-order valence-electron chi connectivity index (χ2n) is 6.70. The number of hydrogen-bond acceptors (Lipinski definition) is 3. The summed E-state index contributed by atoms with van der Waals surface area (Å²) in [6.45, 7) is 0. The van der Waals surface area contributed by atoms with Gasteiger partial charge in [-0.1, -0.05) is 36.9 Å². The van der Waals surface area contributed by atoms with Gasteiger partial charge in [-0.2, -0.15) is 0 Å². The molecule has 2 aromatic carbocycles. The molecule has 1 aliphatic rings. The number of hydrogen-bond donors (Lipinski definition) is 2. The van der Waals surface area contributed by atoms with Gasteiger partial charge in [-0.15, -0.1) is 0 Å². The number of halogens is 1. The average molecular weight is 387 g/mol. The van der Waals surface area contributed by atoms with E-state index in [2.05, 4.69) is 10.6 Å². The highest BCUT2D eigenvalue weighted by atomic mass is 35.5. The highest BCUT2D eigenvalue weighted by Crippen LogP contribution is 2.28. The van der Waals surface area contributed by atoms with E-state index >= 15 is 0 Å². The minimum absolute atomic E-state index is 0.0313. The van der Waals surface area contributed by atoms with Crippen molar-refractivity contribution in [2.45, 2.75) is 32.1 Å². The molecule has 0 atom stereocenters. The number of rotatable bonds is 5. The lowest BCUT2D eigenvalue weighted by Gasteiger charge is -2.20. The van der Waals surface area contributed by atoms with Crippen LogP contribution in [0.15, 0.2) is 42.5 Å². The van der Waals surface area contributed by atoms with Gasteiger partial charge < -0.3 is 15.4 Å². The van der Waals surface area contributed by atoms with E-state index in [4.69, 9.17) is 16.3 Å². The van der Waals surface area contributed by atoms with E-state index in [0.717, 1.165) is 25.7 Å². The van der Waals surface area contributed by atoms with Crippen LogP contribution in [-0.4, -0.2) is 18.9 Å². The van der Waals surface area contributed by atoms with Crippen LogP contribution in [0.25, 0.3) is 0 Å². The van der Waals surface area contributed by atoms with Crippen LogP contribution in [0.4, 0.5) is 11.4 Å². The summed E-state index contributed by atoms with van der Waals surface area (Å²) >= 11 is 6.01. The number of nitrogens with one attached hydrogen (secondary N) is 2. The molecule has 0 unspecified atom stereocenters. The zero-order chi connectivity index (χ0) is 19.2. The zero-order valence-corrected chi connectivity index (χ0v) is 16.0. The smallest absolute Gasteiger partial charge is 0.255 e. The van der Waals surface area contributed by atoms with Crippen molar-refractivity contribution in [1.29, 1.82) is 0 Å². The maximum absolute atomic E-state index is 12.6. The van der Waals surface area contributed by atoms with Crippen LogP contribution >= 0.6 is 11.6 Å². The van der Waals surface area contributed by atoms with E-state index in [1.54, 1.807) is 42.5 Å². The van der Waals surface area contributed by atoms with Crippen molar-refractivity contribution in [3.63, 3.8) is 0 Å². The van der Waals surface area contributed by atoms with Crippen LogP contribution in [0, 0.1) is 5.92 Å². The minimum atomic E-state index is -0.302. The number of benzene rings is 2. The van der Waals surface area contributed by atoms with E-state index in [-0.39, 0.29) is 17.7 Å². The molecule has 5 nitrogen and oxygen atoms in total. The Morgan fingerprint density at radius 3 is 2.56 bits per heavy atom. The van der Waals surface area contributed by atoms with Gasteiger partial charge >= 0.3 is 0 Å². The molecule has 6 heteroatoms. The Bertz CT molecular complexity index is 832. The van der Waals surface area contributed by atoms with Crippen molar-refractivity contribution in [3.05, 3.63) is 53.1 Å². The number of amides is 2. The number of carbonyl (C=O) groups is 2. The maximum Gasteiger partial charge on any atom is 0.255 e. The van der Waals surface area contributed by atoms with Gasteiger partial charge in [0, 0.05) is 22.2 Å². The molecule has 2 N–H and O–H groups in total. The lowest BCUT2D eigenvalue weighted by molar-refractivity contribution is -0.120. The van der Waals surface area contributed by atoms with E-state index in [1.165, 1.54) is 13.5 Å². The lowest BCUT2D eigenvalue weighted by Crippen LogP contribution is -2.24. The quantitative estimate of drug-likeness (QED) is 0.749. The van der Waals surface area contributed by atoms with Gasteiger partial charge in [0.15, 0.2) is 0 Å². The van der Waals surface area contributed by atoms with Crippen LogP contribution in [-0.2, 0) is 4.79 Å². The van der Waals surface area contributed by atoms with Crippen LogP contribution < -0.4 is 15.4 Å². The Kier molecular flexibility index (Phi) is 6.35. The first-order valence-corrected chi connectivity index (χ1v) is 9.50. The Hall–Kier alpha value is -2.53. The van der Waals surface area contributed by atoms with Crippen LogP contribution in [0.5, 0.6) is 5.75 Å². The first-order chi connectivity index (χ1) is 13.1. The second-order valence-corrected chi connectivity index (χ2v) is 7.14. The fourth-order valence-corrected chi connectivity index (χ4v) is 3.49. The van der Waals surface area contributed by atoms with Crippen molar-refractivity contribution in [2.75, 3.05) is 17.7 Å². The molecule has 142 valence electrons. The Morgan fingerprint density at radius 1 is 1.04 bits per heavy atom. The number of methoxy groups -OCH3 is 1. The molecule has 0 aliphatic heterocycles. The predicted octanol–water partition coefficient (Wildman–Crippen LogP) is 5.12. The van der Waals surface area contributed by atoms with Gasteiger partial charge in [0.25, 0.3) is 5.91 Å². The molecule has 0 bridgehead atoms. The fraction of sp³-hybridized carbons (Fsp3) is 0.333. The SMILES string of the molecule is COc1ccc(Cl)cc1NC(=O)c1cccc(NC(=O)C2CCCCC2)c1. The molecule has 0 spiro atoms. The molecule has 0 aromatic heterocycles. The van der Waals surface area contributed by atoms with Gasteiger partial charge in [-0.05, 0) is 49.2 Å². The summed E-state index contributed by atoms with van der Waals surface area (Å²) in [6.07, 6.45) is 5.26. The van der Waals surface area contributed by atoms with Crippen LogP contribution in [0.3, 0.4) is 0 Å². The molecule has 27 heavy (non-hydrogen) atoms. The molecule has 1 fully saturated rings. The molecule has 1 aliphatic carbocycles. The van der Waals surface area contributed by atoms with E-state index in [1.807, 2.05) is 0 Å². The largest absolute Gasteiger partial charge is 0.495 e. The molecular weight excluding hydrogens is 364 g/mol. The van der Waals surface area contributed by atoms with E-state index < -0.39 is 0 Å². The molecule has 2 aromatic rings. The van der Waals surface area contributed by atoms with Crippen LogP contribution in [0.2, 0.25) is 5.02 Å². The molecule has 3 rings (SSSR count). The summed E-state index contributed by atoms with van der Waals surface area (Å²) in [5, 5.41) is 6.24. The van der Waals surface area contributed by atoms with Gasteiger partial charge in [0.05, 0.1) is 12.8 Å². The second kappa shape index (κ2) is 8.91. The van der Waals surface area contributed by atoms with Gasteiger partial charge in [0.2, 0.25) is 5.91 Å². The molecule has 0 radical (unpaired) electrons. The number of ether oxygens (including phenoxy) is 1. The first kappa shape index (κ1) is 19.2. The van der Waals surface area contributed by atoms with Crippen molar-refractivity contribution < 1.29 is 14.3 Å². The summed E-state index contributed by atoms with van der Waals surface area (Å²) in [5.41, 5.74) is 1.56. The summed E-state index contributed by atoms with van der Waals surface area (Å²) in [7, 11) is 1.53. The van der Waals surface area contributed by atoms with E-state index in [9.17, 15) is 9.59 Å². The standard InChI is InChI=1S/C21H23ClN2O3/c1-27-19-11-10-16(22)13-18(19)24-21(26)15-8-5-9-17(12-15)23-20(25)14-6-3-2-4-7-14/h5,8-14H,2-4,6-7H2,1H3,(H,23,25)(H,24,26). The average Bonchev–Trinajstić information content (AvgIpc) is 2.69. The van der Waals surface area contributed by atoms with Crippen molar-refractivity contribution in [3.8, 4) is 5.75 Å². The predicted molar refractivity (Wildman–Crippen MR) is 108 cm³/mol.